The Morgan fingerprint density at radius 1 is 1.24 bits per heavy atom. The number of methoxy groups -OCH3 is 2. The summed E-state index contributed by atoms with van der Waals surface area (Å²) in [7, 11) is 3.39. The summed E-state index contributed by atoms with van der Waals surface area (Å²) in [6, 6.07) is 12.8. The molecule has 0 bridgehead atoms. The molecule has 5 nitrogen and oxygen atoms in total. The minimum Gasteiger partial charge on any atom is -0.497 e. The molecular weight excluding hydrogens is 384 g/mol. The van der Waals surface area contributed by atoms with Crippen molar-refractivity contribution in [3.8, 4) is 5.75 Å². The van der Waals surface area contributed by atoms with E-state index in [1.807, 2.05) is 22.3 Å². The number of carbonyl (C=O) groups excluding carboxylic acids is 1. The highest BCUT2D eigenvalue weighted by atomic mass is 32.1. The van der Waals surface area contributed by atoms with Crippen LogP contribution in [0.4, 0.5) is 0 Å². The van der Waals surface area contributed by atoms with Crippen molar-refractivity contribution in [2.24, 2.45) is 5.92 Å². The minimum absolute atomic E-state index is 0.110. The topological polar surface area (TPSA) is 42.0 Å². The molecule has 2 heterocycles. The molecule has 1 amide bonds. The number of aryl methyl sites for hydroxylation is 1. The Labute approximate surface area is 178 Å². The molecule has 2 aromatic rings. The molecule has 0 aliphatic carbocycles. The maximum absolute atomic E-state index is 12.2. The van der Waals surface area contributed by atoms with Crippen LogP contribution in [0.1, 0.15) is 28.2 Å². The van der Waals surface area contributed by atoms with E-state index in [4.69, 9.17) is 9.47 Å². The lowest BCUT2D eigenvalue weighted by atomic mass is 9.88. The number of hydrogen-bond donors (Lipinski definition) is 0. The van der Waals surface area contributed by atoms with Gasteiger partial charge in [0.15, 0.2) is 0 Å². The van der Waals surface area contributed by atoms with Crippen molar-refractivity contribution in [2.75, 3.05) is 47.0 Å². The molecule has 1 aliphatic rings. The summed E-state index contributed by atoms with van der Waals surface area (Å²) in [4.78, 5) is 19.4. The van der Waals surface area contributed by atoms with Crippen LogP contribution < -0.4 is 4.74 Å². The Morgan fingerprint density at radius 3 is 2.72 bits per heavy atom. The number of carbonyl (C=O) groups is 1. The number of hydrogen-bond acceptors (Lipinski definition) is 5. The summed E-state index contributed by atoms with van der Waals surface area (Å²) in [6.07, 6.45) is 0. The van der Waals surface area contributed by atoms with E-state index in [0.717, 1.165) is 31.9 Å². The van der Waals surface area contributed by atoms with E-state index < -0.39 is 0 Å². The summed E-state index contributed by atoms with van der Waals surface area (Å²) >= 11 is 1.87. The van der Waals surface area contributed by atoms with Crippen molar-refractivity contribution in [1.82, 2.24) is 9.80 Å². The lowest BCUT2D eigenvalue weighted by molar-refractivity contribution is -0.130. The first-order chi connectivity index (χ1) is 14.0. The van der Waals surface area contributed by atoms with Gasteiger partial charge >= 0.3 is 0 Å². The Hall–Kier alpha value is -1.89. The van der Waals surface area contributed by atoms with E-state index in [9.17, 15) is 4.79 Å². The van der Waals surface area contributed by atoms with Gasteiger partial charge in [-0.25, -0.2) is 0 Å². The van der Waals surface area contributed by atoms with Crippen LogP contribution in [0.25, 0.3) is 0 Å². The third-order valence-corrected chi connectivity index (χ3v) is 6.67. The maximum atomic E-state index is 12.2. The van der Waals surface area contributed by atoms with E-state index in [-0.39, 0.29) is 5.91 Å². The average Bonchev–Trinajstić information content (AvgIpc) is 3.30. The van der Waals surface area contributed by atoms with Crippen LogP contribution in [0.15, 0.2) is 36.4 Å². The molecule has 1 aromatic heterocycles. The van der Waals surface area contributed by atoms with Crippen LogP contribution in [0.2, 0.25) is 0 Å². The van der Waals surface area contributed by atoms with E-state index in [0.29, 0.717) is 25.0 Å². The molecule has 2 unspecified atom stereocenters. The molecule has 0 spiro atoms. The van der Waals surface area contributed by atoms with Crippen molar-refractivity contribution >= 4 is 17.2 Å². The van der Waals surface area contributed by atoms with E-state index in [1.165, 1.54) is 15.3 Å². The third-order valence-electron chi connectivity index (χ3n) is 5.68. The summed E-state index contributed by atoms with van der Waals surface area (Å²) in [5.41, 5.74) is 1.29. The number of benzene rings is 1. The van der Waals surface area contributed by atoms with Gasteiger partial charge in [0, 0.05) is 62.4 Å². The number of likely N-dealkylation sites (tertiary alicyclic amines) is 1. The first-order valence-corrected chi connectivity index (χ1v) is 11.0. The molecular formula is C23H32N2O3S. The van der Waals surface area contributed by atoms with Gasteiger partial charge in [0.1, 0.15) is 5.75 Å². The molecule has 1 aromatic carbocycles. The molecule has 29 heavy (non-hydrogen) atoms. The normalized spacial score (nSPS) is 19.4. The van der Waals surface area contributed by atoms with Crippen molar-refractivity contribution in [1.29, 1.82) is 0 Å². The molecule has 0 saturated carbocycles. The Balaban J connectivity index is 1.79. The highest BCUT2D eigenvalue weighted by Crippen LogP contribution is 2.36. The van der Waals surface area contributed by atoms with Crippen LogP contribution in [0, 0.1) is 12.8 Å². The number of nitrogens with zero attached hydrogens (tertiary/aromatic N) is 2. The zero-order valence-corrected chi connectivity index (χ0v) is 18.7. The zero-order chi connectivity index (χ0) is 20.8. The summed E-state index contributed by atoms with van der Waals surface area (Å²) in [6.45, 7) is 8.69. The largest absolute Gasteiger partial charge is 0.497 e. The quantitative estimate of drug-likeness (QED) is 0.624. The molecule has 3 rings (SSSR count). The smallest absolute Gasteiger partial charge is 0.219 e. The average molecular weight is 417 g/mol. The molecule has 1 aliphatic heterocycles. The number of thiophene rings is 1. The predicted molar refractivity (Wildman–Crippen MR) is 118 cm³/mol. The first-order valence-electron chi connectivity index (χ1n) is 10.2. The number of rotatable bonds is 9. The fraction of sp³-hybridized carbons (Fsp3) is 0.522. The predicted octanol–water partition coefficient (Wildman–Crippen LogP) is 3.78. The summed E-state index contributed by atoms with van der Waals surface area (Å²) < 4.78 is 10.7. The fourth-order valence-electron chi connectivity index (χ4n) is 4.18. The number of amides is 1. The van der Waals surface area contributed by atoms with Gasteiger partial charge in [-0.15, -0.1) is 11.3 Å². The van der Waals surface area contributed by atoms with E-state index in [1.54, 1.807) is 21.1 Å². The zero-order valence-electron chi connectivity index (χ0n) is 17.9. The molecule has 2 atom stereocenters. The van der Waals surface area contributed by atoms with Crippen LogP contribution in [-0.2, 0) is 16.1 Å². The van der Waals surface area contributed by atoms with Crippen molar-refractivity contribution < 1.29 is 14.3 Å². The highest BCUT2D eigenvalue weighted by molar-refractivity contribution is 7.11. The molecule has 1 fully saturated rings. The fourth-order valence-corrected chi connectivity index (χ4v) is 5.11. The standard InChI is InChI=1S/C23H32N2O3S/c1-17-8-9-22(29-17)15-24-13-20(14-25(18(2)26)10-11-27-3)23(16-24)19-6-5-7-21(12-19)28-4/h5-9,12,20,23H,10-11,13-16H2,1-4H3. The van der Waals surface area contributed by atoms with Crippen LogP contribution in [0.5, 0.6) is 5.75 Å². The van der Waals surface area contributed by atoms with Gasteiger partial charge in [0.25, 0.3) is 0 Å². The third kappa shape index (κ3) is 5.81. The van der Waals surface area contributed by atoms with Crippen molar-refractivity contribution in [3.63, 3.8) is 0 Å². The Bertz CT molecular complexity index is 807. The molecule has 0 N–H and O–H groups in total. The van der Waals surface area contributed by atoms with Gasteiger partial charge < -0.3 is 14.4 Å². The molecule has 1 saturated heterocycles. The summed E-state index contributed by atoms with van der Waals surface area (Å²) in [5.74, 6) is 1.75. The monoisotopic (exact) mass is 416 g/mol. The molecule has 6 heteroatoms. The minimum atomic E-state index is 0.110. The van der Waals surface area contributed by atoms with E-state index >= 15 is 0 Å². The SMILES string of the molecule is COCCN(CC1CN(Cc2ccc(C)s2)CC1c1cccc(OC)c1)C(C)=O. The molecule has 0 radical (unpaired) electrons. The van der Waals surface area contributed by atoms with Gasteiger partial charge in [-0.05, 0) is 42.7 Å². The van der Waals surface area contributed by atoms with Crippen LogP contribution in [-0.4, -0.2) is 62.7 Å². The van der Waals surface area contributed by atoms with Gasteiger partial charge in [0.2, 0.25) is 5.91 Å². The Kier molecular flexibility index (Phi) is 7.70. The van der Waals surface area contributed by atoms with Crippen LogP contribution >= 0.6 is 11.3 Å². The maximum Gasteiger partial charge on any atom is 0.219 e. The van der Waals surface area contributed by atoms with Crippen LogP contribution in [0.3, 0.4) is 0 Å². The molecule has 158 valence electrons. The van der Waals surface area contributed by atoms with Gasteiger partial charge in [-0.2, -0.15) is 0 Å². The van der Waals surface area contributed by atoms with Crippen molar-refractivity contribution in [3.05, 3.63) is 51.7 Å². The van der Waals surface area contributed by atoms with E-state index in [2.05, 4.69) is 42.2 Å². The second-order valence-corrected chi connectivity index (χ2v) is 9.18. The lowest BCUT2D eigenvalue weighted by Gasteiger charge is -2.27. The second kappa shape index (κ2) is 10.2. The lowest BCUT2D eigenvalue weighted by Crippen LogP contribution is -2.38. The van der Waals surface area contributed by atoms with Gasteiger partial charge in [-0.1, -0.05) is 12.1 Å². The van der Waals surface area contributed by atoms with Gasteiger partial charge in [0.05, 0.1) is 13.7 Å². The number of ether oxygens (including phenoxy) is 2. The van der Waals surface area contributed by atoms with Gasteiger partial charge in [-0.3, -0.25) is 9.69 Å². The van der Waals surface area contributed by atoms with Crippen molar-refractivity contribution in [2.45, 2.75) is 26.3 Å². The Morgan fingerprint density at radius 2 is 2.07 bits per heavy atom. The second-order valence-electron chi connectivity index (χ2n) is 7.81. The summed E-state index contributed by atoms with van der Waals surface area (Å²) in [5, 5.41) is 0. The highest BCUT2D eigenvalue weighted by Gasteiger charge is 2.35. The first kappa shape index (κ1) is 21.8.